The van der Waals surface area contributed by atoms with Crippen molar-refractivity contribution < 1.29 is 9.90 Å². The molecule has 0 unspecified atom stereocenters. The van der Waals surface area contributed by atoms with Gasteiger partial charge in [-0.1, -0.05) is 31.4 Å². The van der Waals surface area contributed by atoms with Crippen LogP contribution in [-0.4, -0.2) is 11.1 Å². The van der Waals surface area contributed by atoms with Crippen molar-refractivity contribution in [2.24, 2.45) is 5.92 Å². The number of nitrogens with two attached hydrogens (primary N) is 1. The molecular weight excluding hydrogens is 214 g/mol. The fourth-order valence-corrected chi connectivity index (χ4v) is 2.79. The SMILES string of the molecule is Nc1ccc([C@@H](C(=O)O)C2CCCCC2)cc1. The molecule has 1 atom stereocenters. The van der Waals surface area contributed by atoms with Gasteiger partial charge in [-0.25, -0.2) is 0 Å². The van der Waals surface area contributed by atoms with E-state index in [-0.39, 0.29) is 11.8 Å². The Morgan fingerprint density at radius 1 is 1.18 bits per heavy atom. The Balaban J connectivity index is 2.21. The van der Waals surface area contributed by atoms with Gasteiger partial charge in [0.05, 0.1) is 5.92 Å². The highest BCUT2D eigenvalue weighted by Gasteiger charge is 2.30. The molecule has 17 heavy (non-hydrogen) atoms. The van der Waals surface area contributed by atoms with Crippen LogP contribution in [0.1, 0.15) is 43.6 Å². The van der Waals surface area contributed by atoms with E-state index < -0.39 is 5.97 Å². The molecule has 1 saturated carbocycles. The van der Waals surface area contributed by atoms with Crippen LogP contribution in [-0.2, 0) is 4.79 Å². The summed E-state index contributed by atoms with van der Waals surface area (Å²) in [5.74, 6) is -0.789. The second-order valence-electron chi connectivity index (χ2n) is 4.88. The van der Waals surface area contributed by atoms with Gasteiger partial charge in [0, 0.05) is 5.69 Å². The van der Waals surface area contributed by atoms with Crippen LogP contribution < -0.4 is 5.73 Å². The van der Waals surface area contributed by atoms with Crippen LogP contribution in [0.25, 0.3) is 0 Å². The van der Waals surface area contributed by atoms with Crippen molar-refractivity contribution in [2.75, 3.05) is 5.73 Å². The zero-order chi connectivity index (χ0) is 12.3. The van der Waals surface area contributed by atoms with E-state index in [4.69, 9.17) is 5.73 Å². The number of carboxylic acids is 1. The van der Waals surface area contributed by atoms with E-state index in [0.29, 0.717) is 5.69 Å². The van der Waals surface area contributed by atoms with Crippen molar-refractivity contribution in [1.29, 1.82) is 0 Å². The van der Waals surface area contributed by atoms with Gasteiger partial charge in [0.15, 0.2) is 0 Å². The highest BCUT2D eigenvalue weighted by atomic mass is 16.4. The second kappa shape index (κ2) is 5.21. The quantitative estimate of drug-likeness (QED) is 0.789. The number of aliphatic carboxylic acids is 1. The molecule has 0 bridgehead atoms. The van der Waals surface area contributed by atoms with Crippen molar-refractivity contribution >= 4 is 11.7 Å². The minimum atomic E-state index is -0.707. The van der Waals surface area contributed by atoms with Gasteiger partial charge >= 0.3 is 5.97 Å². The molecule has 1 aromatic carbocycles. The Morgan fingerprint density at radius 2 is 1.76 bits per heavy atom. The third-order valence-corrected chi connectivity index (χ3v) is 3.68. The van der Waals surface area contributed by atoms with Gasteiger partial charge < -0.3 is 10.8 Å². The van der Waals surface area contributed by atoms with Crippen molar-refractivity contribution in [3.05, 3.63) is 29.8 Å². The first kappa shape index (κ1) is 12.0. The number of rotatable bonds is 3. The molecule has 0 radical (unpaired) electrons. The maximum Gasteiger partial charge on any atom is 0.311 e. The normalized spacial score (nSPS) is 18.8. The fraction of sp³-hybridized carbons (Fsp3) is 0.500. The van der Waals surface area contributed by atoms with E-state index in [9.17, 15) is 9.90 Å². The number of anilines is 1. The minimum Gasteiger partial charge on any atom is -0.481 e. The molecule has 3 heteroatoms. The minimum absolute atomic E-state index is 0.282. The second-order valence-corrected chi connectivity index (χ2v) is 4.88. The first-order valence-electron chi connectivity index (χ1n) is 6.26. The van der Waals surface area contributed by atoms with Crippen LogP contribution in [0.15, 0.2) is 24.3 Å². The molecule has 92 valence electrons. The van der Waals surface area contributed by atoms with Gasteiger partial charge in [-0.05, 0) is 36.5 Å². The molecular formula is C14H19NO2. The van der Waals surface area contributed by atoms with E-state index in [1.54, 1.807) is 12.1 Å². The van der Waals surface area contributed by atoms with Crippen LogP contribution in [0.2, 0.25) is 0 Å². The van der Waals surface area contributed by atoms with Crippen LogP contribution in [0.4, 0.5) is 5.69 Å². The Labute approximate surface area is 102 Å². The van der Waals surface area contributed by atoms with Gasteiger partial charge in [-0.3, -0.25) is 4.79 Å². The average Bonchev–Trinajstić information content (AvgIpc) is 2.33. The van der Waals surface area contributed by atoms with E-state index in [1.165, 1.54) is 6.42 Å². The lowest BCUT2D eigenvalue weighted by atomic mass is 9.77. The summed E-state index contributed by atoms with van der Waals surface area (Å²) in [6, 6.07) is 7.27. The first-order chi connectivity index (χ1) is 8.18. The summed E-state index contributed by atoms with van der Waals surface area (Å²) in [7, 11) is 0. The van der Waals surface area contributed by atoms with Crippen molar-refractivity contribution in [1.82, 2.24) is 0 Å². The molecule has 0 saturated heterocycles. The fourth-order valence-electron chi connectivity index (χ4n) is 2.79. The molecule has 3 N–H and O–H groups in total. The Morgan fingerprint density at radius 3 is 2.29 bits per heavy atom. The molecule has 2 rings (SSSR count). The standard InChI is InChI=1S/C14H19NO2/c15-12-8-6-11(7-9-12)13(14(16)17)10-4-2-1-3-5-10/h6-10,13H,1-5,15H2,(H,16,17)/t13-/m0/s1. The number of carbonyl (C=O) groups is 1. The van der Waals surface area contributed by atoms with Gasteiger partial charge in [-0.2, -0.15) is 0 Å². The number of benzene rings is 1. The molecule has 3 nitrogen and oxygen atoms in total. The van der Waals surface area contributed by atoms with Crippen LogP contribution >= 0.6 is 0 Å². The van der Waals surface area contributed by atoms with Crippen LogP contribution in [0.3, 0.4) is 0 Å². The third kappa shape index (κ3) is 2.78. The topological polar surface area (TPSA) is 63.3 Å². The lowest BCUT2D eigenvalue weighted by molar-refractivity contribution is -0.140. The average molecular weight is 233 g/mol. The van der Waals surface area contributed by atoms with Crippen molar-refractivity contribution in [3.8, 4) is 0 Å². The highest BCUT2D eigenvalue weighted by Crippen LogP contribution is 2.36. The maximum absolute atomic E-state index is 11.5. The van der Waals surface area contributed by atoms with Gasteiger partial charge in [0.25, 0.3) is 0 Å². The lowest BCUT2D eigenvalue weighted by Gasteiger charge is -2.27. The van der Waals surface area contributed by atoms with Gasteiger partial charge in [0.2, 0.25) is 0 Å². The largest absolute Gasteiger partial charge is 0.481 e. The molecule has 1 aliphatic carbocycles. The summed E-state index contributed by atoms with van der Waals surface area (Å²) in [6.45, 7) is 0. The molecule has 0 amide bonds. The summed E-state index contributed by atoms with van der Waals surface area (Å²) in [6.07, 6.45) is 5.61. The summed E-state index contributed by atoms with van der Waals surface area (Å²) >= 11 is 0. The van der Waals surface area contributed by atoms with E-state index in [2.05, 4.69) is 0 Å². The number of nitrogen functional groups attached to an aromatic ring is 1. The summed E-state index contributed by atoms with van der Waals surface area (Å²) in [5, 5.41) is 9.42. The predicted octanol–water partition coefficient (Wildman–Crippen LogP) is 3.02. The maximum atomic E-state index is 11.5. The Hall–Kier alpha value is -1.51. The Bertz CT molecular complexity index is 380. The zero-order valence-corrected chi connectivity index (χ0v) is 9.93. The molecule has 0 spiro atoms. The van der Waals surface area contributed by atoms with Crippen molar-refractivity contribution in [3.63, 3.8) is 0 Å². The number of hydrogen-bond donors (Lipinski definition) is 2. The predicted molar refractivity (Wildman–Crippen MR) is 67.8 cm³/mol. The number of carboxylic acid groups (broad SMARTS) is 1. The number of hydrogen-bond acceptors (Lipinski definition) is 2. The van der Waals surface area contributed by atoms with Crippen LogP contribution in [0.5, 0.6) is 0 Å². The van der Waals surface area contributed by atoms with E-state index in [0.717, 1.165) is 31.2 Å². The smallest absolute Gasteiger partial charge is 0.311 e. The van der Waals surface area contributed by atoms with Crippen LogP contribution in [0, 0.1) is 5.92 Å². The Kier molecular flexibility index (Phi) is 3.67. The summed E-state index contributed by atoms with van der Waals surface area (Å²) in [4.78, 5) is 11.5. The van der Waals surface area contributed by atoms with E-state index in [1.807, 2.05) is 12.1 Å². The molecule has 0 aliphatic heterocycles. The van der Waals surface area contributed by atoms with Gasteiger partial charge in [0.1, 0.15) is 0 Å². The first-order valence-corrected chi connectivity index (χ1v) is 6.26. The molecule has 0 aromatic heterocycles. The highest BCUT2D eigenvalue weighted by molar-refractivity contribution is 5.76. The molecule has 1 fully saturated rings. The monoisotopic (exact) mass is 233 g/mol. The molecule has 1 aliphatic rings. The lowest BCUT2D eigenvalue weighted by Crippen LogP contribution is -2.23. The molecule has 0 heterocycles. The zero-order valence-electron chi connectivity index (χ0n) is 9.93. The van der Waals surface area contributed by atoms with Gasteiger partial charge in [-0.15, -0.1) is 0 Å². The van der Waals surface area contributed by atoms with Crippen molar-refractivity contribution in [2.45, 2.75) is 38.0 Å². The molecule has 1 aromatic rings. The summed E-state index contributed by atoms with van der Waals surface area (Å²) < 4.78 is 0. The van der Waals surface area contributed by atoms with E-state index >= 15 is 0 Å². The summed E-state index contributed by atoms with van der Waals surface area (Å²) in [5.41, 5.74) is 7.20. The third-order valence-electron chi connectivity index (χ3n) is 3.68.